The summed E-state index contributed by atoms with van der Waals surface area (Å²) >= 11 is 0. The maximum Gasteiger partial charge on any atom is 0.305 e. The van der Waals surface area contributed by atoms with Gasteiger partial charge in [0.05, 0.1) is 6.61 Å². The van der Waals surface area contributed by atoms with E-state index in [-0.39, 0.29) is 25.2 Å². The van der Waals surface area contributed by atoms with Gasteiger partial charge in [0.2, 0.25) is 0 Å². The summed E-state index contributed by atoms with van der Waals surface area (Å²) in [4.78, 5) is 24.7. The Labute approximate surface area is 285 Å². The summed E-state index contributed by atoms with van der Waals surface area (Å²) in [6, 6.07) is 0. The van der Waals surface area contributed by atoms with Crippen LogP contribution < -0.4 is 0 Å². The number of ether oxygens (including phenoxy) is 3. The number of esters is 2. The topological polar surface area (TPSA) is 61.8 Å². The van der Waals surface area contributed by atoms with Crippen molar-refractivity contribution in [2.75, 3.05) is 19.8 Å². The van der Waals surface area contributed by atoms with Gasteiger partial charge in [0.15, 0.2) is 0 Å². The highest BCUT2D eigenvalue weighted by Gasteiger charge is 2.15. The van der Waals surface area contributed by atoms with Gasteiger partial charge in [-0.2, -0.15) is 0 Å². The summed E-state index contributed by atoms with van der Waals surface area (Å²) in [5, 5.41) is 0. The molecule has 0 aliphatic carbocycles. The quantitative estimate of drug-likeness (QED) is 0.0389. The fourth-order valence-electron chi connectivity index (χ4n) is 5.45. The van der Waals surface area contributed by atoms with E-state index in [1.54, 1.807) is 0 Å². The normalized spacial score (nSPS) is 12.5. The molecule has 0 aromatic rings. The molecule has 46 heavy (non-hydrogen) atoms. The van der Waals surface area contributed by atoms with Crippen LogP contribution in [0.15, 0.2) is 36.5 Å². The fraction of sp³-hybridized carbons (Fsp3) is 0.805. The molecule has 0 aliphatic heterocycles. The third-order valence-electron chi connectivity index (χ3n) is 8.42. The molecule has 0 amide bonds. The minimum Gasteiger partial charge on any atom is -0.463 e. The molecule has 0 spiro atoms. The summed E-state index contributed by atoms with van der Waals surface area (Å²) < 4.78 is 16.9. The van der Waals surface area contributed by atoms with Gasteiger partial charge in [-0.3, -0.25) is 9.59 Å². The van der Waals surface area contributed by atoms with Crippen LogP contribution in [-0.2, 0) is 23.8 Å². The molecule has 0 radical (unpaired) electrons. The molecule has 5 nitrogen and oxygen atoms in total. The molecule has 0 fully saturated rings. The van der Waals surface area contributed by atoms with Crippen molar-refractivity contribution >= 4 is 11.9 Å². The molecule has 5 heteroatoms. The molecule has 0 aromatic heterocycles. The lowest BCUT2D eigenvalue weighted by Gasteiger charge is -2.17. The summed E-state index contributed by atoms with van der Waals surface area (Å²) in [5.41, 5.74) is 0. The Hall–Kier alpha value is -1.88. The van der Waals surface area contributed by atoms with E-state index in [1.165, 1.54) is 128 Å². The second-order valence-electron chi connectivity index (χ2n) is 12.9. The van der Waals surface area contributed by atoms with Crippen LogP contribution in [0.4, 0.5) is 0 Å². The Morgan fingerprint density at radius 1 is 0.478 bits per heavy atom. The van der Waals surface area contributed by atoms with Gasteiger partial charge in [-0.25, -0.2) is 0 Å². The molecule has 0 saturated carbocycles. The van der Waals surface area contributed by atoms with Crippen molar-refractivity contribution in [2.45, 2.75) is 194 Å². The number of carbonyl (C=O) groups excluding carboxylic acids is 2. The predicted molar refractivity (Wildman–Crippen MR) is 196 cm³/mol. The molecule has 268 valence electrons. The lowest BCUT2D eigenvalue weighted by molar-refractivity contribution is -0.154. The third-order valence-corrected chi connectivity index (χ3v) is 8.42. The van der Waals surface area contributed by atoms with Crippen molar-refractivity contribution < 1.29 is 23.8 Å². The zero-order valence-electron chi connectivity index (χ0n) is 30.6. The second-order valence-corrected chi connectivity index (χ2v) is 12.9. The molecule has 1 atom stereocenters. The average molecular weight is 647 g/mol. The van der Waals surface area contributed by atoms with Gasteiger partial charge in [-0.1, -0.05) is 192 Å². The Bertz CT molecular complexity index is 741. The Morgan fingerprint density at radius 3 is 1.20 bits per heavy atom. The number of rotatable bonds is 35. The van der Waals surface area contributed by atoms with Crippen LogP contribution in [0.2, 0.25) is 0 Å². The van der Waals surface area contributed by atoms with E-state index in [0.29, 0.717) is 19.4 Å². The zero-order chi connectivity index (χ0) is 33.6. The summed E-state index contributed by atoms with van der Waals surface area (Å²) in [6.45, 7) is 7.06. The fourth-order valence-corrected chi connectivity index (χ4v) is 5.45. The maximum absolute atomic E-state index is 12.4. The SMILES string of the molecule is C/C=C/C=C/C=C/COC(COC(=O)CCCCCCCCCCCCC)COC(=O)CCCCCCCCCCCCCCC. The first-order valence-electron chi connectivity index (χ1n) is 19.5. The highest BCUT2D eigenvalue weighted by atomic mass is 16.6. The lowest BCUT2D eigenvalue weighted by Crippen LogP contribution is -2.28. The van der Waals surface area contributed by atoms with Crippen molar-refractivity contribution in [1.29, 1.82) is 0 Å². The Kier molecular flexibility index (Phi) is 36.0. The number of hydrogen-bond donors (Lipinski definition) is 0. The monoisotopic (exact) mass is 647 g/mol. The van der Waals surface area contributed by atoms with Gasteiger partial charge in [-0.15, -0.1) is 0 Å². The molecule has 0 aliphatic rings. The highest BCUT2D eigenvalue weighted by Crippen LogP contribution is 2.14. The third kappa shape index (κ3) is 35.0. The van der Waals surface area contributed by atoms with E-state index in [1.807, 2.05) is 43.4 Å². The van der Waals surface area contributed by atoms with E-state index >= 15 is 0 Å². The molecule has 0 heterocycles. The number of allylic oxidation sites excluding steroid dienone is 5. The van der Waals surface area contributed by atoms with Crippen LogP contribution in [0.1, 0.15) is 188 Å². The first-order chi connectivity index (χ1) is 22.6. The van der Waals surface area contributed by atoms with Crippen molar-refractivity contribution in [3.8, 4) is 0 Å². The number of unbranched alkanes of at least 4 members (excludes halogenated alkanes) is 22. The molecular formula is C41H74O5. The van der Waals surface area contributed by atoms with Crippen LogP contribution >= 0.6 is 0 Å². The van der Waals surface area contributed by atoms with Gasteiger partial charge < -0.3 is 14.2 Å². The van der Waals surface area contributed by atoms with E-state index in [2.05, 4.69) is 13.8 Å². The number of hydrogen-bond acceptors (Lipinski definition) is 5. The van der Waals surface area contributed by atoms with Gasteiger partial charge in [0.25, 0.3) is 0 Å². The van der Waals surface area contributed by atoms with Gasteiger partial charge in [-0.05, 0) is 19.8 Å². The van der Waals surface area contributed by atoms with Gasteiger partial charge >= 0.3 is 11.9 Å². The molecular weight excluding hydrogens is 572 g/mol. The molecule has 0 aromatic carbocycles. The van der Waals surface area contributed by atoms with E-state index in [9.17, 15) is 9.59 Å². The maximum atomic E-state index is 12.4. The minimum atomic E-state index is -0.471. The van der Waals surface area contributed by atoms with Gasteiger partial charge in [0.1, 0.15) is 19.3 Å². The lowest BCUT2D eigenvalue weighted by atomic mass is 10.0. The van der Waals surface area contributed by atoms with Crippen molar-refractivity contribution in [3.05, 3.63) is 36.5 Å². The number of carbonyl (C=O) groups is 2. The zero-order valence-corrected chi connectivity index (χ0v) is 30.6. The Morgan fingerprint density at radius 2 is 0.826 bits per heavy atom. The van der Waals surface area contributed by atoms with E-state index in [0.717, 1.165) is 25.7 Å². The average Bonchev–Trinajstić information content (AvgIpc) is 3.06. The van der Waals surface area contributed by atoms with Crippen molar-refractivity contribution in [2.24, 2.45) is 0 Å². The van der Waals surface area contributed by atoms with E-state index < -0.39 is 6.10 Å². The first-order valence-corrected chi connectivity index (χ1v) is 19.5. The smallest absolute Gasteiger partial charge is 0.305 e. The minimum absolute atomic E-state index is 0.102. The molecule has 1 unspecified atom stereocenters. The van der Waals surface area contributed by atoms with Crippen LogP contribution in [0, 0.1) is 0 Å². The van der Waals surface area contributed by atoms with Crippen LogP contribution in [0.5, 0.6) is 0 Å². The highest BCUT2D eigenvalue weighted by molar-refractivity contribution is 5.69. The molecule has 0 rings (SSSR count). The summed E-state index contributed by atoms with van der Waals surface area (Å²) in [7, 11) is 0. The molecule has 0 N–H and O–H groups in total. The van der Waals surface area contributed by atoms with Crippen LogP contribution in [0.25, 0.3) is 0 Å². The van der Waals surface area contributed by atoms with Crippen LogP contribution in [-0.4, -0.2) is 37.9 Å². The first kappa shape index (κ1) is 44.1. The Balaban J connectivity index is 4.13. The second kappa shape index (κ2) is 37.6. The van der Waals surface area contributed by atoms with Crippen molar-refractivity contribution in [3.63, 3.8) is 0 Å². The van der Waals surface area contributed by atoms with E-state index in [4.69, 9.17) is 14.2 Å². The largest absolute Gasteiger partial charge is 0.463 e. The van der Waals surface area contributed by atoms with Crippen molar-refractivity contribution in [1.82, 2.24) is 0 Å². The van der Waals surface area contributed by atoms with Crippen LogP contribution in [0.3, 0.4) is 0 Å². The molecule has 0 bridgehead atoms. The molecule has 0 saturated heterocycles. The standard InChI is InChI=1S/C41H74O5/c1-4-7-10-13-16-18-20-21-23-25-27-29-32-35-41(43)46-38-39(44-36-33-30-15-12-9-6-3)37-45-40(42)34-31-28-26-24-22-19-17-14-11-8-5-2/h6,9,12,15,30,33,39H,4-5,7-8,10-11,13-14,16-29,31-32,34-38H2,1-3H3/b9-6+,15-12+,33-30+. The summed E-state index contributed by atoms with van der Waals surface area (Å²) in [5.74, 6) is -0.401. The van der Waals surface area contributed by atoms with Gasteiger partial charge in [0, 0.05) is 12.8 Å². The predicted octanol–water partition coefficient (Wildman–Crippen LogP) is 12.3. The summed E-state index contributed by atoms with van der Waals surface area (Å²) in [6.07, 6.45) is 42.3.